The zero-order valence-electron chi connectivity index (χ0n) is 14.5. The zero-order chi connectivity index (χ0) is 16.6. The van der Waals surface area contributed by atoms with Crippen molar-refractivity contribution in [3.05, 3.63) is 32.7 Å². The molecule has 2 aromatic heterocycles. The minimum Gasteiger partial charge on any atom is -0.317 e. The Morgan fingerprint density at radius 3 is 2.71 bits per heavy atom. The molecule has 4 nitrogen and oxygen atoms in total. The molecule has 2 fully saturated rings. The van der Waals surface area contributed by atoms with Gasteiger partial charge in [-0.1, -0.05) is 13.8 Å². The topological polar surface area (TPSA) is 41.1 Å². The third-order valence-electron chi connectivity index (χ3n) is 5.49. The molecular weight excluding hydrogens is 336 g/mol. The van der Waals surface area contributed by atoms with Crippen LogP contribution in [0.4, 0.5) is 0 Å². The largest absolute Gasteiger partial charge is 0.317 e. The molecule has 0 aromatic carbocycles. The molecule has 0 bridgehead atoms. The number of hydrogen-bond acceptors (Lipinski definition) is 6. The van der Waals surface area contributed by atoms with Gasteiger partial charge in [0.1, 0.15) is 10.0 Å². The van der Waals surface area contributed by atoms with E-state index in [1.165, 1.54) is 47.2 Å². The van der Waals surface area contributed by atoms with Crippen molar-refractivity contribution in [3.63, 3.8) is 0 Å². The van der Waals surface area contributed by atoms with Gasteiger partial charge < -0.3 is 5.32 Å². The highest BCUT2D eigenvalue weighted by Gasteiger charge is 2.56. The first kappa shape index (κ1) is 16.6. The van der Waals surface area contributed by atoms with Crippen molar-refractivity contribution in [2.75, 3.05) is 13.1 Å². The lowest BCUT2D eigenvalue weighted by Crippen LogP contribution is -2.35. The maximum atomic E-state index is 4.70. The van der Waals surface area contributed by atoms with Gasteiger partial charge >= 0.3 is 0 Å². The molecule has 1 atom stereocenters. The van der Waals surface area contributed by atoms with Crippen LogP contribution < -0.4 is 5.32 Å². The third kappa shape index (κ3) is 3.43. The van der Waals surface area contributed by atoms with Gasteiger partial charge in [-0.15, -0.1) is 22.7 Å². The highest BCUT2D eigenvalue weighted by atomic mass is 32.1. The molecule has 130 valence electrons. The summed E-state index contributed by atoms with van der Waals surface area (Å²) in [5.41, 5.74) is 0.556. The molecule has 3 heterocycles. The summed E-state index contributed by atoms with van der Waals surface area (Å²) in [6.45, 7) is 8.78. The molecule has 2 aliphatic rings. The predicted molar refractivity (Wildman–Crippen MR) is 101 cm³/mol. The van der Waals surface area contributed by atoms with E-state index in [2.05, 4.69) is 40.6 Å². The average molecular weight is 363 g/mol. The van der Waals surface area contributed by atoms with Gasteiger partial charge in [0.25, 0.3) is 0 Å². The van der Waals surface area contributed by atoms with E-state index in [1.807, 2.05) is 17.5 Å². The van der Waals surface area contributed by atoms with Crippen LogP contribution in [0.2, 0.25) is 0 Å². The molecular formula is C18H26N4S2. The first-order valence-electron chi connectivity index (χ1n) is 8.94. The maximum absolute atomic E-state index is 4.70. The minimum atomic E-state index is 0.556. The van der Waals surface area contributed by atoms with Gasteiger partial charge in [0.15, 0.2) is 0 Å². The lowest BCUT2D eigenvalue weighted by atomic mass is 9.93. The first-order chi connectivity index (χ1) is 11.7. The smallest absolute Gasteiger partial charge is 0.107 e. The van der Waals surface area contributed by atoms with Gasteiger partial charge in [-0.25, -0.2) is 9.97 Å². The zero-order valence-corrected chi connectivity index (χ0v) is 16.1. The van der Waals surface area contributed by atoms with Gasteiger partial charge in [-0.3, -0.25) is 4.90 Å². The number of hydrogen-bond donors (Lipinski definition) is 1. The van der Waals surface area contributed by atoms with Gasteiger partial charge in [0, 0.05) is 28.7 Å². The van der Waals surface area contributed by atoms with Crippen LogP contribution in [-0.4, -0.2) is 34.0 Å². The molecule has 2 aromatic rings. The second-order valence-corrected chi connectivity index (χ2v) is 9.60. The van der Waals surface area contributed by atoms with Crippen molar-refractivity contribution in [2.45, 2.75) is 58.2 Å². The molecule has 0 radical (unpaired) electrons. The molecule has 1 saturated carbocycles. The molecule has 1 N–H and O–H groups in total. The number of aromatic nitrogens is 2. The van der Waals surface area contributed by atoms with Crippen LogP contribution in [0.15, 0.2) is 17.8 Å². The van der Waals surface area contributed by atoms with Crippen molar-refractivity contribution < 1.29 is 0 Å². The van der Waals surface area contributed by atoms with E-state index in [9.17, 15) is 0 Å². The van der Waals surface area contributed by atoms with Gasteiger partial charge in [0.2, 0.25) is 0 Å². The van der Waals surface area contributed by atoms with E-state index in [0.717, 1.165) is 13.1 Å². The number of rotatable bonds is 6. The molecule has 1 saturated heterocycles. The fraction of sp³-hybridized carbons (Fsp3) is 0.667. The van der Waals surface area contributed by atoms with Gasteiger partial charge in [-0.05, 0) is 43.7 Å². The SMILES string of the molecule is CC(C)c1cnc(CN(Cc2nccs2)[C@H]2CC23CCNCC3)s1. The summed E-state index contributed by atoms with van der Waals surface area (Å²) in [5.74, 6) is 0.570. The van der Waals surface area contributed by atoms with Crippen LogP contribution in [0, 0.1) is 5.41 Å². The number of nitrogens with one attached hydrogen (secondary N) is 1. The lowest BCUT2D eigenvalue weighted by molar-refractivity contribution is 0.187. The second kappa shape index (κ2) is 6.83. The third-order valence-corrected chi connectivity index (χ3v) is 7.53. The van der Waals surface area contributed by atoms with Crippen molar-refractivity contribution in [3.8, 4) is 0 Å². The van der Waals surface area contributed by atoms with Crippen LogP contribution in [-0.2, 0) is 13.1 Å². The van der Waals surface area contributed by atoms with Crippen LogP contribution >= 0.6 is 22.7 Å². The summed E-state index contributed by atoms with van der Waals surface area (Å²) >= 11 is 3.65. The average Bonchev–Trinajstić information content (AvgIpc) is 3.00. The van der Waals surface area contributed by atoms with E-state index >= 15 is 0 Å². The fourth-order valence-corrected chi connectivity index (χ4v) is 5.51. The summed E-state index contributed by atoms with van der Waals surface area (Å²) in [5, 5.41) is 8.08. The summed E-state index contributed by atoms with van der Waals surface area (Å²) in [6, 6.07) is 0.704. The monoisotopic (exact) mass is 362 g/mol. The standard InChI is InChI=1S/C18H26N4S2/c1-13(2)14-10-21-17(24-14)12-22(11-16-20-7-8-23-16)15-9-18(15)3-5-19-6-4-18/h7-8,10,13,15,19H,3-6,9,11-12H2,1-2H3/t15-/m0/s1. The Bertz CT molecular complexity index is 658. The highest BCUT2D eigenvalue weighted by molar-refractivity contribution is 7.11. The fourth-order valence-electron chi connectivity index (χ4n) is 3.92. The summed E-state index contributed by atoms with van der Waals surface area (Å²) < 4.78 is 0. The minimum absolute atomic E-state index is 0.556. The van der Waals surface area contributed by atoms with E-state index < -0.39 is 0 Å². The Labute approximate surface area is 152 Å². The molecule has 0 amide bonds. The van der Waals surface area contributed by atoms with Crippen molar-refractivity contribution in [1.29, 1.82) is 0 Å². The van der Waals surface area contributed by atoms with Crippen LogP contribution in [0.3, 0.4) is 0 Å². The highest BCUT2D eigenvalue weighted by Crippen LogP contribution is 2.56. The predicted octanol–water partition coefficient (Wildman–Crippen LogP) is 3.87. The molecule has 24 heavy (non-hydrogen) atoms. The Morgan fingerprint density at radius 1 is 1.25 bits per heavy atom. The van der Waals surface area contributed by atoms with Gasteiger partial charge in [0.05, 0.1) is 13.1 Å². The maximum Gasteiger partial charge on any atom is 0.107 e. The Kier molecular flexibility index (Phi) is 4.73. The molecule has 6 heteroatoms. The van der Waals surface area contributed by atoms with Crippen molar-refractivity contribution in [1.82, 2.24) is 20.2 Å². The Hall–Kier alpha value is -0.820. The number of nitrogens with zero attached hydrogens (tertiary/aromatic N) is 3. The van der Waals surface area contributed by atoms with Crippen molar-refractivity contribution >= 4 is 22.7 Å². The quantitative estimate of drug-likeness (QED) is 0.847. The molecule has 4 rings (SSSR count). The first-order valence-corrected chi connectivity index (χ1v) is 10.6. The van der Waals surface area contributed by atoms with E-state index in [1.54, 1.807) is 11.3 Å². The molecule has 1 spiro atoms. The van der Waals surface area contributed by atoms with Crippen molar-refractivity contribution in [2.24, 2.45) is 5.41 Å². The molecule has 1 aliphatic carbocycles. The van der Waals surface area contributed by atoms with E-state index in [0.29, 0.717) is 17.4 Å². The lowest BCUT2D eigenvalue weighted by Gasteiger charge is -2.28. The number of piperidine rings is 1. The second-order valence-electron chi connectivity index (χ2n) is 7.47. The van der Waals surface area contributed by atoms with Crippen LogP contribution in [0.5, 0.6) is 0 Å². The Balaban J connectivity index is 1.50. The van der Waals surface area contributed by atoms with E-state index in [4.69, 9.17) is 4.98 Å². The normalized spacial score (nSPS) is 22.6. The molecule has 0 unspecified atom stereocenters. The van der Waals surface area contributed by atoms with E-state index in [-0.39, 0.29) is 0 Å². The Morgan fingerprint density at radius 2 is 2.04 bits per heavy atom. The summed E-state index contributed by atoms with van der Waals surface area (Å²) in [6.07, 6.45) is 7.98. The van der Waals surface area contributed by atoms with Crippen LogP contribution in [0.25, 0.3) is 0 Å². The van der Waals surface area contributed by atoms with Gasteiger partial charge in [-0.2, -0.15) is 0 Å². The number of thiazole rings is 2. The summed E-state index contributed by atoms with van der Waals surface area (Å²) in [7, 11) is 0. The summed E-state index contributed by atoms with van der Waals surface area (Å²) in [4.78, 5) is 13.3. The van der Waals surface area contributed by atoms with Crippen LogP contribution in [0.1, 0.15) is 53.9 Å². The molecule has 1 aliphatic heterocycles.